The van der Waals surface area contributed by atoms with Gasteiger partial charge >= 0.3 is 0 Å². The Balaban J connectivity index is 4.49. The summed E-state index contributed by atoms with van der Waals surface area (Å²) in [6, 6.07) is 0. The van der Waals surface area contributed by atoms with E-state index in [0.29, 0.717) is 11.3 Å². The zero-order valence-corrected chi connectivity index (χ0v) is 10.1. The van der Waals surface area contributed by atoms with Gasteiger partial charge in [-0.3, -0.25) is 4.79 Å². The summed E-state index contributed by atoms with van der Waals surface area (Å²) in [5, 5.41) is 2.41. The van der Waals surface area contributed by atoms with E-state index in [-0.39, 0.29) is 18.3 Å². The van der Waals surface area contributed by atoms with Crippen LogP contribution in [0.2, 0.25) is 0 Å². The molecule has 0 aliphatic rings. The van der Waals surface area contributed by atoms with Gasteiger partial charge in [-0.1, -0.05) is 6.08 Å². The minimum absolute atomic E-state index is 0.116. The van der Waals surface area contributed by atoms with Crippen molar-refractivity contribution in [1.82, 2.24) is 5.32 Å². The van der Waals surface area contributed by atoms with Crippen LogP contribution in [0, 0.1) is 0 Å². The molecule has 0 saturated heterocycles. The Morgan fingerprint density at radius 2 is 2.00 bits per heavy atom. The Labute approximate surface area is 95.7 Å². The van der Waals surface area contributed by atoms with E-state index < -0.39 is 0 Å². The van der Waals surface area contributed by atoms with Crippen molar-refractivity contribution in [3.8, 4) is 0 Å². The summed E-state index contributed by atoms with van der Waals surface area (Å²) in [7, 11) is 1.52. The number of halogens is 1. The zero-order valence-electron chi connectivity index (χ0n) is 10.1. The Hall–Kier alpha value is -1.58. The van der Waals surface area contributed by atoms with Crippen molar-refractivity contribution >= 4 is 5.91 Å². The van der Waals surface area contributed by atoms with Crippen LogP contribution in [0.25, 0.3) is 0 Å². The molecule has 16 heavy (non-hydrogen) atoms. The Morgan fingerprint density at radius 1 is 1.38 bits per heavy atom. The Kier molecular flexibility index (Phi) is 6.92. The van der Waals surface area contributed by atoms with Gasteiger partial charge in [-0.2, -0.15) is 0 Å². The third-order valence-corrected chi connectivity index (χ3v) is 2.01. The van der Waals surface area contributed by atoms with Gasteiger partial charge < -0.3 is 10.1 Å². The number of amides is 1. The fourth-order valence-corrected chi connectivity index (χ4v) is 0.806. The number of hydrogen-bond donors (Lipinski definition) is 1. The molecule has 0 atom stereocenters. The minimum atomic E-state index is -0.368. The van der Waals surface area contributed by atoms with Crippen molar-refractivity contribution < 1.29 is 13.9 Å². The highest BCUT2D eigenvalue weighted by Gasteiger charge is 2.03. The largest absolute Gasteiger partial charge is 0.484 e. The van der Waals surface area contributed by atoms with Gasteiger partial charge in [0.15, 0.2) is 6.61 Å². The van der Waals surface area contributed by atoms with E-state index in [1.807, 2.05) is 0 Å². The molecule has 90 valence electrons. The number of ether oxygens (including phenoxy) is 1. The second-order valence-electron chi connectivity index (χ2n) is 3.12. The number of hydrogen-bond acceptors (Lipinski definition) is 2. The van der Waals surface area contributed by atoms with Gasteiger partial charge in [0.1, 0.15) is 11.6 Å². The van der Waals surface area contributed by atoms with Crippen molar-refractivity contribution in [3.63, 3.8) is 0 Å². The molecular formula is C12H18FNO2. The molecule has 0 aromatic heterocycles. The smallest absolute Gasteiger partial charge is 0.257 e. The third kappa shape index (κ3) is 5.34. The van der Waals surface area contributed by atoms with Crippen LogP contribution in [0.3, 0.4) is 0 Å². The van der Waals surface area contributed by atoms with Gasteiger partial charge in [-0.05, 0) is 32.4 Å². The quantitative estimate of drug-likeness (QED) is 0.579. The van der Waals surface area contributed by atoms with Crippen LogP contribution in [-0.2, 0) is 9.53 Å². The monoisotopic (exact) mass is 227 g/mol. The number of likely N-dealkylation sites (N-methyl/N-ethyl adjacent to an activating group) is 1. The average molecular weight is 227 g/mol. The number of carbonyl (C=O) groups is 1. The predicted molar refractivity (Wildman–Crippen MR) is 62.4 cm³/mol. The number of nitrogens with one attached hydrogen (secondary N) is 1. The van der Waals surface area contributed by atoms with Gasteiger partial charge in [0.05, 0.1) is 0 Å². The molecule has 0 spiro atoms. The molecule has 1 amide bonds. The van der Waals surface area contributed by atoms with Crippen LogP contribution >= 0.6 is 0 Å². The maximum Gasteiger partial charge on any atom is 0.257 e. The molecule has 0 unspecified atom stereocenters. The third-order valence-electron chi connectivity index (χ3n) is 2.01. The van der Waals surface area contributed by atoms with Gasteiger partial charge in [0.2, 0.25) is 0 Å². The molecule has 0 aliphatic heterocycles. The molecular weight excluding hydrogens is 209 g/mol. The summed E-state index contributed by atoms with van der Waals surface area (Å²) in [6.07, 6.45) is 4.53. The van der Waals surface area contributed by atoms with Gasteiger partial charge in [0, 0.05) is 13.1 Å². The van der Waals surface area contributed by atoms with Crippen LogP contribution < -0.4 is 5.32 Å². The minimum Gasteiger partial charge on any atom is -0.484 e. The van der Waals surface area contributed by atoms with Gasteiger partial charge in [-0.15, -0.1) is 0 Å². The molecule has 1 N–H and O–H groups in total. The summed E-state index contributed by atoms with van der Waals surface area (Å²) in [4.78, 5) is 10.9. The number of allylic oxidation sites excluding steroid dienone is 5. The lowest BCUT2D eigenvalue weighted by Crippen LogP contribution is -2.22. The zero-order chi connectivity index (χ0) is 12.6. The van der Waals surface area contributed by atoms with Crippen molar-refractivity contribution in [2.45, 2.75) is 20.8 Å². The summed E-state index contributed by atoms with van der Waals surface area (Å²) in [5.41, 5.74) is 0.530. The van der Waals surface area contributed by atoms with Gasteiger partial charge in [0.25, 0.3) is 5.91 Å². The fraction of sp³-hybridized carbons (Fsp3) is 0.417. The lowest BCUT2D eigenvalue weighted by molar-refractivity contribution is -0.123. The topological polar surface area (TPSA) is 38.3 Å². The fourth-order valence-electron chi connectivity index (χ4n) is 0.806. The van der Waals surface area contributed by atoms with Crippen molar-refractivity contribution in [2.24, 2.45) is 0 Å². The standard InChI is InChI=1S/C12H18FNO2/c1-5-9(3)11(13)7-10(6-2)16-8-12(15)14-4/h5-7H,8H2,1-4H3,(H,14,15)/b9-5-,10-6+,11-7+. The Morgan fingerprint density at radius 3 is 2.44 bits per heavy atom. The van der Waals surface area contributed by atoms with E-state index >= 15 is 0 Å². The molecule has 4 heteroatoms. The highest BCUT2D eigenvalue weighted by atomic mass is 19.1. The van der Waals surface area contributed by atoms with Crippen LogP contribution in [-0.4, -0.2) is 19.6 Å². The molecule has 0 fully saturated rings. The number of rotatable bonds is 5. The van der Waals surface area contributed by atoms with Crippen LogP contribution in [0.5, 0.6) is 0 Å². The molecule has 0 aromatic carbocycles. The summed E-state index contributed by atoms with van der Waals surface area (Å²) in [5.74, 6) is -0.286. The first-order valence-electron chi connectivity index (χ1n) is 5.05. The first kappa shape index (κ1) is 14.4. The van der Waals surface area contributed by atoms with E-state index in [4.69, 9.17) is 4.74 Å². The first-order chi connectivity index (χ1) is 7.54. The summed E-state index contributed by atoms with van der Waals surface area (Å²) < 4.78 is 18.5. The van der Waals surface area contributed by atoms with Crippen LogP contribution in [0.4, 0.5) is 4.39 Å². The maximum absolute atomic E-state index is 13.4. The van der Waals surface area contributed by atoms with Crippen molar-refractivity contribution in [1.29, 1.82) is 0 Å². The second-order valence-corrected chi connectivity index (χ2v) is 3.12. The highest BCUT2D eigenvalue weighted by molar-refractivity contribution is 5.76. The maximum atomic E-state index is 13.4. The van der Waals surface area contributed by atoms with E-state index in [1.54, 1.807) is 32.9 Å². The van der Waals surface area contributed by atoms with Crippen LogP contribution in [0.1, 0.15) is 20.8 Å². The normalized spacial score (nSPS) is 13.7. The molecule has 0 rings (SSSR count). The molecule has 0 heterocycles. The van der Waals surface area contributed by atoms with E-state index in [9.17, 15) is 9.18 Å². The Bertz CT molecular complexity index is 330. The highest BCUT2D eigenvalue weighted by Crippen LogP contribution is 2.14. The second kappa shape index (κ2) is 7.68. The van der Waals surface area contributed by atoms with Crippen LogP contribution in [0.15, 0.2) is 35.4 Å². The SMILES string of the molecule is C\C=C(C)/C(F)=C\C(=C/C)OCC(=O)NC. The molecule has 0 aliphatic carbocycles. The molecule has 0 saturated carbocycles. The predicted octanol–water partition coefficient (Wildman–Crippen LogP) is 2.47. The lowest BCUT2D eigenvalue weighted by atomic mass is 10.2. The molecule has 3 nitrogen and oxygen atoms in total. The first-order valence-corrected chi connectivity index (χ1v) is 5.05. The van der Waals surface area contributed by atoms with E-state index in [2.05, 4.69) is 5.32 Å². The molecule has 0 bridgehead atoms. The summed E-state index contributed by atoms with van der Waals surface area (Å²) in [6.45, 7) is 5.02. The average Bonchev–Trinajstić information content (AvgIpc) is 2.32. The lowest BCUT2D eigenvalue weighted by Gasteiger charge is -2.06. The van der Waals surface area contributed by atoms with E-state index in [0.717, 1.165) is 0 Å². The van der Waals surface area contributed by atoms with E-state index in [1.165, 1.54) is 13.1 Å². The van der Waals surface area contributed by atoms with Crippen molar-refractivity contribution in [2.75, 3.05) is 13.7 Å². The molecule has 0 aromatic rings. The molecule has 0 radical (unpaired) electrons. The summed E-state index contributed by atoms with van der Waals surface area (Å²) >= 11 is 0. The number of carbonyl (C=O) groups excluding carboxylic acids is 1. The van der Waals surface area contributed by atoms with Crippen molar-refractivity contribution in [3.05, 3.63) is 35.4 Å². The van der Waals surface area contributed by atoms with Gasteiger partial charge in [-0.25, -0.2) is 4.39 Å².